The maximum Gasteiger partial charge on any atom is 0.251 e. The van der Waals surface area contributed by atoms with Gasteiger partial charge in [-0.3, -0.25) is 4.79 Å². The van der Waals surface area contributed by atoms with Crippen molar-refractivity contribution >= 4 is 33.9 Å². The fraction of sp³-hybridized carbons (Fsp3) is 0.400. The van der Waals surface area contributed by atoms with Crippen LogP contribution in [0.2, 0.25) is 0 Å². The molecule has 0 aliphatic carbocycles. The maximum atomic E-state index is 12.1. The lowest BCUT2D eigenvalue weighted by atomic mass is 9.99. The summed E-state index contributed by atoms with van der Waals surface area (Å²) < 4.78 is 0. The number of piperazine rings is 1. The number of benzene rings is 1. The molecule has 4 rings (SSSR count). The summed E-state index contributed by atoms with van der Waals surface area (Å²) in [6, 6.07) is 9.99. The first kappa shape index (κ1) is 23.2. The molecule has 0 spiro atoms. The van der Waals surface area contributed by atoms with Crippen LogP contribution in [0.3, 0.4) is 0 Å². The molecule has 1 aromatic carbocycles. The van der Waals surface area contributed by atoms with E-state index < -0.39 is 0 Å². The molecule has 2 N–H and O–H groups in total. The molecule has 8 heteroatoms. The number of carbonyl (C=O) groups is 1. The quantitative estimate of drug-likeness (QED) is 0.544. The Morgan fingerprint density at radius 2 is 1.94 bits per heavy atom. The highest BCUT2D eigenvalue weighted by atomic mass is 32.1. The molecule has 3 heterocycles. The Morgan fingerprint density at radius 3 is 2.61 bits per heavy atom. The molecule has 0 bridgehead atoms. The minimum absolute atomic E-state index is 0.0968. The van der Waals surface area contributed by atoms with Crippen molar-refractivity contribution in [3.8, 4) is 11.3 Å². The van der Waals surface area contributed by atoms with E-state index in [-0.39, 0.29) is 5.91 Å². The molecule has 33 heavy (non-hydrogen) atoms. The molecule has 1 amide bonds. The van der Waals surface area contributed by atoms with Crippen LogP contribution in [0, 0.1) is 5.92 Å². The van der Waals surface area contributed by atoms with Crippen LogP contribution in [0.15, 0.2) is 41.9 Å². The van der Waals surface area contributed by atoms with Crippen molar-refractivity contribution in [1.82, 2.24) is 20.2 Å². The molecule has 1 saturated heterocycles. The average molecular weight is 465 g/mol. The van der Waals surface area contributed by atoms with E-state index in [2.05, 4.69) is 53.5 Å². The van der Waals surface area contributed by atoms with E-state index in [0.717, 1.165) is 60.5 Å². The first-order chi connectivity index (χ1) is 15.9. The van der Waals surface area contributed by atoms with Crippen molar-refractivity contribution in [3.05, 3.63) is 53.0 Å². The van der Waals surface area contributed by atoms with Crippen molar-refractivity contribution in [3.63, 3.8) is 0 Å². The zero-order chi connectivity index (χ0) is 23.4. The summed E-state index contributed by atoms with van der Waals surface area (Å²) in [6.45, 7) is 8.51. The molecular formula is C25H32N6OS. The second kappa shape index (κ2) is 10.3. The monoisotopic (exact) mass is 464 g/mol. The zero-order valence-corrected chi connectivity index (χ0v) is 20.6. The standard InChI is InChI=1S/C25H32N6OS/c1-17(2)13-18-5-6-19(24(32)26-3)14-21(18)28-25-29-22(16-33-25)20-7-8-23(27-15-20)31-11-9-30(4)10-12-31/h5-8,14-17H,9-13H2,1-4H3,(H,26,32)(H,28,29). The van der Waals surface area contributed by atoms with Gasteiger partial charge in [0, 0.05) is 61.6 Å². The number of likely N-dealkylation sites (N-methyl/N-ethyl adjacent to an activating group) is 1. The fourth-order valence-electron chi connectivity index (χ4n) is 3.94. The van der Waals surface area contributed by atoms with Crippen molar-refractivity contribution in [2.24, 2.45) is 5.92 Å². The lowest BCUT2D eigenvalue weighted by Crippen LogP contribution is -2.44. The summed E-state index contributed by atoms with van der Waals surface area (Å²) in [4.78, 5) is 26.3. The fourth-order valence-corrected chi connectivity index (χ4v) is 4.67. The largest absolute Gasteiger partial charge is 0.355 e. The van der Waals surface area contributed by atoms with Crippen molar-refractivity contribution in [1.29, 1.82) is 0 Å². The van der Waals surface area contributed by atoms with Gasteiger partial charge in [-0.1, -0.05) is 19.9 Å². The van der Waals surface area contributed by atoms with Crippen LogP contribution < -0.4 is 15.5 Å². The van der Waals surface area contributed by atoms with Crippen molar-refractivity contribution in [2.45, 2.75) is 20.3 Å². The number of nitrogens with one attached hydrogen (secondary N) is 2. The third kappa shape index (κ3) is 5.69. The van der Waals surface area contributed by atoms with Gasteiger partial charge in [-0.05, 0) is 49.2 Å². The van der Waals surface area contributed by atoms with E-state index in [1.165, 1.54) is 5.56 Å². The normalized spacial score (nSPS) is 14.5. The number of carbonyl (C=O) groups excluding carboxylic acids is 1. The van der Waals surface area contributed by atoms with Gasteiger partial charge in [0.15, 0.2) is 5.13 Å². The van der Waals surface area contributed by atoms with Crippen LogP contribution in [0.1, 0.15) is 29.8 Å². The van der Waals surface area contributed by atoms with E-state index >= 15 is 0 Å². The third-order valence-corrected chi connectivity index (χ3v) is 6.60. The minimum atomic E-state index is -0.0968. The predicted octanol–water partition coefficient (Wildman–Crippen LogP) is 4.26. The van der Waals surface area contributed by atoms with Gasteiger partial charge in [-0.15, -0.1) is 11.3 Å². The summed E-state index contributed by atoms with van der Waals surface area (Å²) in [5.74, 6) is 1.43. The molecule has 0 saturated carbocycles. The summed E-state index contributed by atoms with van der Waals surface area (Å²) in [5, 5.41) is 8.98. The van der Waals surface area contributed by atoms with Gasteiger partial charge in [0.1, 0.15) is 5.82 Å². The smallest absolute Gasteiger partial charge is 0.251 e. The van der Waals surface area contributed by atoms with Crippen LogP contribution >= 0.6 is 11.3 Å². The second-order valence-corrected chi connectivity index (χ2v) is 9.77. The van der Waals surface area contributed by atoms with E-state index in [0.29, 0.717) is 11.5 Å². The number of pyridine rings is 1. The molecule has 174 valence electrons. The highest BCUT2D eigenvalue weighted by Crippen LogP contribution is 2.30. The van der Waals surface area contributed by atoms with Gasteiger partial charge < -0.3 is 20.4 Å². The van der Waals surface area contributed by atoms with Crippen LogP contribution in [-0.4, -0.2) is 61.0 Å². The third-order valence-electron chi connectivity index (χ3n) is 5.84. The first-order valence-corrected chi connectivity index (χ1v) is 12.3. The molecule has 0 unspecified atom stereocenters. The molecule has 1 fully saturated rings. The molecule has 3 aromatic rings. The molecule has 1 aliphatic rings. The average Bonchev–Trinajstić information content (AvgIpc) is 3.28. The highest BCUT2D eigenvalue weighted by Gasteiger charge is 2.16. The van der Waals surface area contributed by atoms with Gasteiger partial charge in [-0.25, -0.2) is 9.97 Å². The van der Waals surface area contributed by atoms with Crippen LogP contribution in [0.25, 0.3) is 11.3 Å². The Balaban J connectivity index is 1.51. The SMILES string of the molecule is CNC(=O)c1ccc(CC(C)C)c(Nc2nc(-c3ccc(N4CCN(C)CC4)nc3)cs2)c1. The van der Waals surface area contributed by atoms with Gasteiger partial charge in [0.25, 0.3) is 5.91 Å². The molecule has 1 aliphatic heterocycles. The lowest BCUT2D eigenvalue weighted by molar-refractivity contribution is 0.0963. The summed E-state index contributed by atoms with van der Waals surface area (Å²) >= 11 is 1.55. The molecular weight excluding hydrogens is 432 g/mol. The number of amides is 1. The molecule has 0 radical (unpaired) electrons. The van der Waals surface area contributed by atoms with E-state index in [4.69, 9.17) is 9.97 Å². The van der Waals surface area contributed by atoms with Gasteiger partial charge in [0.05, 0.1) is 5.69 Å². The lowest BCUT2D eigenvalue weighted by Gasteiger charge is -2.33. The van der Waals surface area contributed by atoms with Gasteiger partial charge in [-0.2, -0.15) is 0 Å². The van der Waals surface area contributed by atoms with E-state index in [1.54, 1.807) is 18.4 Å². The topological polar surface area (TPSA) is 73.4 Å². The Hall–Kier alpha value is -2.97. The number of nitrogens with zero attached hydrogens (tertiary/aromatic N) is 4. The number of thiazole rings is 1. The summed E-state index contributed by atoms with van der Waals surface area (Å²) in [6.07, 6.45) is 2.83. The van der Waals surface area contributed by atoms with E-state index in [1.807, 2.05) is 29.8 Å². The second-order valence-electron chi connectivity index (χ2n) is 8.91. The van der Waals surface area contributed by atoms with Crippen molar-refractivity contribution < 1.29 is 4.79 Å². The van der Waals surface area contributed by atoms with Crippen LogP contribution in [0.4, 0.5) is 16.6 Å². The van der Waals surface area contributed by atoms with Gasteiger partial charge in [0.2, 0.25) is 0 Å². The number of hydrogen-bond donors (Lipinski definition) is 2. The Labute approximate surface area is 199 Å². The molecule has 7 nitrogen and oxygen atoms in total. The minimum Gasteiger partial charge on any atom is -0.355 e. The predicted molar refractivity (Wildman–Crippen MR) is 137 cm³/mol. The van der Waals surface area contributed by atoms with Crippen molar-refractivity contribution in [2.75, 3.05) is 50.5 Å². The first-order valence-electron chi connectivity index (χ1n) is 11.4. The Kier molecular flexibility index (Phi) is 7.25. The van der Waals surface area contributed by atoms with E-state index in [9.17, 15) is 4.79 Å². The molecule has 0 atom stereocenters. The Bertz CT molecular complexity index is 1090. The molecule has 2 aromatic heterocycles. The van der Waals surface area contributed by atoms with Gasteiger partial charge >= 0.3 is 0 Å². The van der Waals surface area contributed by atoms with Crippen LogP contribution in [0.5, 0.6) is 0 Å². The number of anilines is 3. The summed E-state index contributed by atoms with van der Waals surface area (Å²) in [7, 11) is 3.80. The maximum absolute atomic E-state index is 12.1. The number of rotatable bonds is 7. The summed E-state index contributed by atoms with van der Waals surface area (Å²) in [5.41, 5.74) is 4.63. The van der Waals surface area contributed by atoms with Crippen LogP contribution in [-0.2, 0) is 6.42 Å². The zero-order valence-electron chi connectivity index (χ0n) is 19.8. The highest BCUT2D eigenvalue weighted by molar-refractivity contribution is 7.14. The number of hydrogen-bond acceptors (Lipinski definition) is 7. The Morgan fingerprint density at radius 1 is 1.15 bits per heavy atom. The number of aromatic nitrogens is 2.